The molecule has 0 N–H and O–H groups in total. The van der Waals surface area contributed by atoms with Crippen molar-refractivity contribution in [2.24, 2.45) is 0 Å². The van der Waals surface area contributed by atoms with Crippen LogP contribution in [0, 0.1) is 0 Å². The van der Waals surface area contributed by atoms with Gasteiger partial charge in [0, 0.05) is 0 Å². The van der Waals surface area contributed by atoms with Crippen molar-refractivity contribution in [3.05, 3.63) is 81.9 Å². The molecule has 0 aromatic heterocycles. The van der Waals surface area contributed by atoms with E-state index in [9.17, 15) is 0 Å². The molecule has 2 aliphatic rings. The Hall–Kier alpha value is -0.993. The third-order valence-electron chi connectivity index (χ3n) is 6.77. The standard InChI is InChI=1S/C23H23.2CH3.Sc.H2Si/c1-3-16-13-18-9-5-7-11-20(18)22(16)15-23-17(4-2)14-19-10-6-8-12-21(19)23;;;;/h5-15,22-23H,3-4H2,1-2H3;2*1H3;;1H2. The zero-order valence-electron chi connectivity index (χ0n) is 17.2. The summed E-state index contributed by atoms with van der Waals surface area (Å²) in [6.07, 6.45) is 7.34. The van der Waals surface area contributed by atoms with Gasteiger partial charge in [-0.1, -0.05) is 0 Å². The van der Waals surface area contributed by atoms with Crippen LogP contribution in [0.25, 0.3) is 12.2 Å². The van der Waals surface area contributed by atoms with E-state index in [1.807, 2.05) is 0 Å². The van der Waals surface area contributed by atoms with Crippen LogP contribution in [-0.2, 0) is 18.6 Å². The van der Waals surface area contributed by atoms with Crippen molar-refractivity contribution in [3.63, 3.8) is 0 Å². The van der Waals surface area contributed by atoms with Crippen LogP contribution in [0.15, 0.2) is 59.7 Å². The van der Waals surface area contributed by atoms with Gasteiger partial charge in [-0.3, -0.25) is 0 Å². The summed E-state index contributed by atoms with van der Waals surface area (Å²) >= 11 is -2.19. The summed E-state index contributed by atoms with van der Waals surface area (Å²) in [7, 11) is 0. The average molecular weight is 405 g/mol. The average Bonchev–Trinajstić information content (AvgIpc) is 3.20. The van der Waals surface area contributed by atoms with Gasteiger partial charge in [-0.15, -0.1) is 0 Å². The first-order valence-corrected chi connectivity index (χ1v) is 19.9. The van der Waals surface area contributed by atoms with Crippen LogP contribution in [0.3, 0.4) is 0 Å². The summed E-state index contributed by atoms with van der Waals surface area (Å²) in [6, 6.07) is 18.3. The zero-order chi connectivity index (χ0) is 19.2. The van der Waals surface area contributed by atoms with E-state index in [4.69, 9.17) is 0 Å². The molecular formula is C25H31ScSi. The summed E-state index contributed by atoms with van der Waals surface area (Å²) in [5, 5.41) is 0. The SMILES string of the molecule is CCC1=Cc2ccccc2C1[CH](C1C(CC)=Cc2ccccc21)[Sc]([CH3])([CH3])=[SiH2]. The Labute approximate surface area is 170 Å². The number of rotatable bonds is 5. The molecule has 2 aromatic rings. The van der Waals surface area contributed by atoms with Crippen molar-refractivity contribution < 1.29 is 18.6 Å². The predicted octanol–water partition coefficient (Wildman–Crippen LogP) is 6.75. The van der Waals surface area contributed by atoms with Crippen LogP contribution < -0.4 is 0 Å². The molecule has 0 bridgehead atoms. The van der Waals surface area contributed by atoms with Crippen LogP contribution >= 0.6 is 0 Å². The Morgan fingerprint density at radius 1 is 0.778 bits per heavy atom. The first kappa shape index (κ1) is 19.3. The van der Waals surface area contributed by atoms with Crippen LogP contribution in [0.1, 0.15) is 60.8 Å². The second-order valence-electron chi connectivity index (χ2n) is 9.23. The van der Waals surface area contributed by atoms with Crippen LogP contribution in [-0.4, -0.2) is 6.94 Å². The van der Waals surface area contributed by atoms with Crippen LogP contribution in [0.2, 0.25) is 13.0 Å². The first-order chi connectivity index (χ1) is 13.0. The van der Waals surface area contributed by atoms with Gasteiger partial charge in [0.2, 0.25) is 0 Å². The van der Waals surface area contributed by atoms with E-state index >= 15 is 0 Å². The summed E-state index contributed by atoms with van der Waals surface area (Å²) in [4.78, 5) is 0. The molecule has 138 valence electrons. The van der Waals surface area contributed by atoms with Gasteiger partial charge in [-0.25, -0.2) is 0 Å². The fourth-order valence-corrected chi connectivity index (χ4v) is 12.5. The summed E-state index contributed by atoms with van der Waals surface area (Å²) in [5.74, 6) is 1.22. The molecule has 0 radical (unpaired) electrons. The summed E-state index contributed by atoms with van der Waals surface area (Å²) in [5.41, 5.74) is 9.44. The molecule has 0 fully saturated rings. The van der Waals surface area contributed by atoms with Gasteiger partial charge in [0.25, 0.3) is 0 Å². The molecule has 0 aliphatic heterocycles. The van der Waals surface area contributed by atoms with Crippen molar-refractivity contribution in [1.29, 1.82) is 0 Å². The molecule has 2 aromatic carbocycles. The fourth-order valence-electron chi connectivity index (χ4n) is 5.62. The number of allylic oxidation sites excluding steroid dienone is 2. The van der Waals surface area contributed by atoms with Crippen molar-refractivity contribution in [3.8, 4) is 0 Å². The minimum absolute atomic E-state index is 0.609. The minimum atomic E-state index is -2.19. The molecule has 0 nitrogen and oxygen atoms in total. The molecule has 4 rings (SSSR count). The number of benzene rings is 2. The van der Waals surface area contributed by atoms with Crippen molar-refractivity contribution in [2.75, 3.05) is 0 Å². The van der Waals surface area contributed by atoms with Gasteiger partial charge in [0.1, 0.15) is 0 Å². The first-order valence-electron chi connectivity index (χ1n) is 10.6. The third kappa shape index (κ3) is 3.33. The molecule has 0 spiro atoms. The maximum absolute atomic E-state index is 2.66. The van der Waals surface area contributed by atoms with E-state index in [2.05, 4.69) is 90.8 Å². The number of hydrogen-bond acceptors (Lipinski definition) is 0. The van der Waals surface area contributed by atoms with Crippen molar-refractivity contribution in [2.45, 2.75) is 51.6 Å². The van der Waals surface area contributed by atoms with E-state index in [0.29, 0.717) is 11.8 Å². The van der Waals surface area contributed by atoms with E-state index in [-0.39, 0.29) is 0 Å². The predicted molar refractivity (Wildman–Crippen MR) is 119 cm³/mol. The second-order valence-corrected chi connectivity index (χ2v) is 26.3. The third-order valence-corrected chi connectivity index (χ3v) is 13.5. The summed E-state index contributed by atoms with van der Waals surface area (Å²) in [6.45, 7) is 7.09. The Morgan fingerprint density at radius 3 is 1.56 bits per heavy atom. The van der Waals surface area contributed by atoms with Crippen LogP contribution in [0.4, 0.5) is 0 Å². The zero-order valence-corrected chi connectivity index (χ0v) is 20.4. The van der Waals surface area contributed by atoms with Gasteiger partial charge in [0.05, 0.1) is 0 Å². The fraction of sp³-hybridized carbons (Fsp3) is 0.360. The molecule has 2 unspecified atom stereocenters. The molecule has 2 heteroatoms. The maximum atomic E-state index is 2.66. The van der Waals surface area contributed by atoms with E-state index in [1.165, 1.54) is 24.0 Å². The van der Waals surface area contributed by atoms with Gasteiger partial charge >= 0.3 is 171 Å². The van der Waals surface area contributed by atoms with E-state index < -0.39 is 18.6 Å². The summed E-state index contributed by atoms with van der Waals surface area (Å²) < 4.78 is 6.09. The Balaban J connectivity index is 1.91. The van der Waals surface area contributed by atoms with Gasteiger partial charge in [0.15, 0.2) is 0 Å². The molecule has 0 amide bonds. The van der Waals surface area contributed by atoms with Crippen LogP contribution in [0.5, 0.6) is 0 Å². The van der Waals surface area contributed by atoms with Gasteiger partial charge in [-0.2, -0.15) is 0 Å². The normalized spacial score (nSPS) is 21.5. The van der Waals surface area contributed by atoms with Crippen molar-refractivity contribution in [1.82, 2.24) is 0 Å². The molecule has 2 atom stereocenters. The molecule has 2 aliphatic carbocycles. The van der Waals surface area contributed by atoms with Gasteiger partial charge in [-0.05, 0) is 0 Å². The second kappa shape index (κ2) is 7.44. The number of hydrogen-bond donors (Lipinski definition) is 0. The van der Waals surface area contributed by atoms with E-state index in [1.54, 1.807) is 22.3 Å². The molecule has 0 saturated heterocycles. The molecule has 0 heterocycles. The van der Waals surface area contributed by atoms with Gasteiger partial charge < -0.3 is 0 Å². The van der Waals surface area contributed by atoms with E-state index in [0.717, 1.165) is 3.67 Å². The molecular weight excluding hydrogens is 373 g/mol. The van der Waals surface area contributed by atoms with Crippen molar-refractivity contribution >= 4 is 19.1 Å². The molecule has 27 heavy (non-hydrogen) atoms. The Bertz CT molecular complexity index is 906. The number of fused-ring (bicyclic) bond motifs is 2. The Morgan fingerprint density at radius 2 is 1.19 bits per heavy atom. The quantitative estimate of drug-likeness (QED) is 0.483. The Kier molecular flexibility index (Phi) is 5.33. The topological polar surface area (TPSA) is 0 Å². The molecule has 0 saturated carbocycles. The monoisotopic (exact) mass is 404 g/mol.